The van der Waals surface area contributed by atoms with Crippen LogP contribution in [-0.4, -0.2) is 27.6 Å². The highest BCUT2D eigenvalue weighted by Crippen LogP contribution is 2.32. The SMILES string of the molecule is CC(=O)N[C@H]1C[C@@H](Cc2ccccc2)O[C@@H](c2cncn2C)C1. The van der Waals surface area contributed by atoms with Gasteiger partial charge in [0.2, 0.25) is 5.91 Å². The highest BCUT2D eigenvalue weighted by Gasteiger charge is 2.32. The Morgan fingerprint density at radius 2 is 2.13 bits per heavy atom. The average Bonchev–Trinajstić information content (AvgIpc) is 2.93. The second-order valence-electron chi connectivity index (χ2n) is 6.23. The van der Waals surface area contributed by atoms with E-state index in [9.17, 15) is 4.79 Å². The molecule has 2 aromatic rings. The van der Waals surface area contributed by atoms with Gasteiger partial charge in [-0.05, 0) is 24.8 Å². The first-order valence-electron chi connectivity index (χ1n) is 8.04. The molecule has 122 valence electrons. The van der Waals surface area contributed by atoms with Gasteiger partial charge in [0.15, 0.2) is 0 Å². The van der Waals surface area contributed by atoms with E-state index in [1.807, 2.05) is 36.0 Å². The van der Waals surface area contributed by atoms with Gasteiger partial charge < -0.3 is 14.6 Å². The lowest BCUT2D eigenvalue weighted by molar-refractivity contribution is -0.122. The largest absolute Gasteiger partial charge is 0.368 e. The predicted octanol–water partition coefficient (Wildman–Crippen LogP) is 2.39. The molecule has 1 aromatic heterocycles. The average molecular weight is 313 g/mol. The Morgan fingerprint density at radius 3 is 2.78 bits per heavy atom. The summed E-state index contributed by atoms with van der Waals surface area (Å²) in [5.74, 6) is 0.0131. The summed E-state index contributed by atoms with van der Waals surface area (Å²) in [6.45, 7) is 1.57. The van der Waals surface area contributed by atoms with Crippen LogP contribution in [0.15, 0.2) is 42.9 Å². The van der Waals surface area contributed by atoms with Crippen LogP contribution < -0.4 is 5.32 Å². The lowest BCUT2D eigenvalue weighted by atomic mass is 9.93. The van der Waals surface area contributed by atoms with Crippen molar-refractivity contribution in [2.24, 2.45) is 7.05 Å². The minimum Gasteiger partial charge on any atom is -0.368 e. The number of amides is 1. The van der Waals surface area contributed by atoms with E-state index in [1.165, 1.54) is 5.56 Å². The van der Waals surface area contributed by atoms with Gasteiger partial charge in [0.25, 0.3) is 0 Å². The molecule has 0 saturated carbocycles. The predicted molar refractivity (Wildman–Crippen MR) is 87.8 cm³/mol. The number of nitrogens with zero attached hydrogens (tertiary/aromatic N) is 2. The Bertz CT molecular complexity index is 653. The van der Waals surface area contributed by atoms with Crippen LogP contribution in [-0.2, 0) is 23.0 Å². The fraction of sp³-hybridized carbons (Fsp3) is 0.444. The highest BCUT2D eigenvalue weighted by atomic mass is 16.5. The first kappa shape index (κ1) is 15.7. The summed E-state index contributed by atoms with van der Waals surface area (Å²) < 4.78 is 8.30. The van der Waals surface area contributed by atoms with E-state index in [2.05, 4.69) is 22.4 Å². The van der Waals surface area contributed by atoms with Crippen molar-refractivity contribution in [1.29, 1.82) is 0 Å². The molecule has 1 saturated heterocycles. The van der Waals surface area contributed by atoms with Gasteiger partial charge in [-0.2, -0.15) is 0 Å². The number of hydrogen-bond donors (Lipinski definition) is 1. The monoisotopic (exact) mass is 313 g/mol. The van der Waals surface area contributed by atoms with Crippen molar-refractivity contribution in [1.82, 2.24) is 14.9 Å². The second kappa shape index (κ2) is 6.96. The topological polar surface area (TPSA) is 56.1 Å². The van der Waals surface area contributed by atoms with E-state index in [0.717, 1.165) is 25.0 Å². The number of hydrogen-bond acceptors (Lipinski definition) is 3. The van der Waals surface area contributed by atoms with Crippen LogP contribution in [0.1, 0.15) is 37.1 Å². The Hall–Kier alpha value is -2.14. The molecule has 1 N–H and O–H groups in total. The van der Waals surface area contributed by atoms with E-state index in [0.29, 0.717) is 0 Å². The van der Waals surface area contributed by atoms with Gasteiger partial charge in [-0.1, -0.05) is 30.3 Å². The molecule has 0 spiro atoms. The van der Waals surface area contributed by atoms with Crippen LogP contribution in [0.4, 0.5) is 0 Å². The second-order valence-corrected chi connectivity index (χ2v) is 6.23. The zero-order chi connectivity index (χ0) is 16.2. The van der Waals surface area contributed by atoms with E-state index >= 15 is 0 Å². The Labute approximate surface area is 136 Å². The van der Waals surface area contributed by atoms with E-state index in [1.54, 1.807) is 13.3 Å². The van der Waals surface area contributed by atoms with E-state index in [-0.39, 0.29) is 24.2 Å². The number of carbonyl (C=O) groups is 1. The third-order valence-electron chi connectivity index (χ3n) is 4.30. The van der Waals surface area contributed by atoms with E-state index < -0.39 is 0 Å². The molecule has 23 heavy (non-hydrogen) atoms. The minimum atomic E-state index is -0.0400. The van der Waals surface area contributed by atoms with Gasteiger partial charge in [0.05, 0.1) is 24.3 Å². The summed E-state index contributed by atoms with van der Waals surface area (Å²) in [7, 11) is 1.97. The Kier molecular flexibility index (Phi) is 4.76. The first-order valence-corrected chi connectivity index (χ1v) is 8.04. The summed E-state index contributed by atoms with van der Waals surface area (Å²) in [5.41, 5.74) is 2.31. The molecule has 0 unspecified atom stereocenters. The molecule has 0 radical (unpaired) electrons. The Balaban J connectivity index is 1.76. The van der Waals surface area contributed by atoms with Crippen molar-refractivity contribution in [2.45, 2.75) is 44.4 Å². The number of aryl methyl sites for hydroxylation is 1. The third-order valence-corrected chi connectivity index (χ3v) is 4.30. The fourth-order valence-corrected chi connectivity index (χ4v) is 3.30. The van der Waals surface area contributed by atoms with Gasteiger partial charge in [-0.3, -0.25) is 4.79 Å². The molecule has 0 bridgehead atoms. The smallest absolute Gasteiger partial charge is 0.217 e. The van der Waals surface area contributed by atoms with Crippen LogP contribution >= 0.6 is 0 Å². The van der Waals surface area contributed by atoms with Crippen molar-refractivity contribution >= 4 is 5.91 Å². The van der Waals surface area contributed by atoms with Crippen LogP contribution in [0.25, 0.3) is 0 Å². The molecule has 5 heteroatoms. The van der Waals surface area contributed by atoms with Crippen molar-refractivity contribution in [3.05, 3.63) is 54.1 Å². The molecule has 1 amide bonds. The standard InChI is InChI=1S/C18H23N3O2/c1-13(22)20-15-9-16(8-14-6-4-3-5-7-14)23-18(10-15)17-11-19-12-21(17)2/h3-7,11-12,15-16,18H,8-10H2,1-2H3,(H,20,22)/t15-,16+,18+/m0/s1. The van der Waals surface area contributed by atoms with Crippen molar-refractivity contribution in [3.8, 4) is 0 Å². The maximum Gasteiger partial charge on any atom is 0.217 e. The quantitative estimate of drug-likeness (QED) is 0.943. The number of ether oxygens (including phenoxy) is 1. The molecular formula is C18H23N3O2. The molecule has 5 nitrogen and oxygen atoms in total. The lowest BCUT2D eigenvalue weighted by Crippen LogP contribution is -2.43. The van der Waals surface area contributed by atoms with Crippen LogP contribution in [0.5, 0.6) is 0 Å². The van der Waals surface area contributed by atoms with Crippen LogP contribution in [0, 0.1) is 0 Å². The summed E-state index contributed by atoms with van der Waals surface area (Å²) in [4.78, 5) is 15.7. The molecule has 1 aliphatic heterocycles. The first-order chi connectivity index (χ1) is 11.1. The molecule has 2 heterocycles. The normalized spacial score (nSPS) is 24.3. The van der Waals surface area contributed by atoms with Crippen molar-refractivity contribution in [3.63, 3.8) is 0 Å². The zero-order valence-corrected chi connectivity index (χ0v) is 13.6. The van der Waals surface area contributed by atoms with Gasteiger partial charge in [0, 0.05) is 20.0 Å². The molecule has 3 atom stereocenters. The number of nitrogens with one attached hydrogen (secondary N) is 1. The van der Waals surface area contributed by atoms with Gasteiger partial charge >= 0.3 is 0 Å². The molecule has 0 aliphatic carbocycles. The highest BCUT2D eigenvalue weighted by molar-refractivity contribution is 5.73. The van der Waals surface area contributed by atoms with Crippen LogP contribution in [0.3, 0.4) is 0 Å². The fourth-order valence-electron chi connectivity index (χ4n) is 3.30. The number of benzene rings is 1. The summed E-state index contributed by atoms with van der Waals surface area (Å²) in [6, 6.07) is 10.5. The third kappa shape index (κ3) is 3.99. The van der Waals surface area contributed by atoms with Gasteiger partial charge in [0.1, 0.15) is 6.10 Å². The lowest BCUT2D eigenvalue weighted by Gasteiger charge is -2.36. The molecule has 1 aliphatic rings. The summed E-state index contributed by atoms with van der Waals surface area (Å²) >= 11 is 0. The molecular weight excluding hydrogens is 290 g/mol. The van der Waals surface area contributed by atoms with Crippen molar-refractivity contribution in [2.75, 3.05) is 0 Å². The zero-order valence-electron chi connectivity index (χ0n) is 13.6. The maximum absolute atomic E-state index is 11.5. The van der Waals surface area contributed by atoms with Crippen LogP contribution in [0.2, 0.25) is 0 Å². The van der Waals surface area contributed by atoms with E-state index in [4.69, 9.17) is 4.74 Å². The number of carbonyl (C=O) groups excluding carboxylic acids is 1. The van der Waals surface area contributed by atoms with Gasteiger partial charge in [-0.25, -0.2) is 4.98 Å². The minimum absolute atomic E-state index is 0.0131. The number of aromatic nitrogens is 2. The number of rotatable bonds is 4. The maximum atomic E-state index is 11.5. The van der Waals surface area contributed by atoms with Gasteiger partial charge in [-0.15, -0.1) is 0 Å². The Morgan fingerprint density at radius 1 is 1.35 bits per heavy atom. The number of imidazole rings is 1. The summed E-state index contributed by atoms with van der Waals surface area (Å²) in [5, 5.41) is 3.06. The van der Waals surface area contributed by atoms with Crippen molar-refractivity contribution < 1.29 is 9.53 Å². The molecule has 3 rings (SSSR count). The summed E-state index contributed by atoms with van der Waals surface area (Å²) in [6.07, 6.45) is 6.15. The molecule has 1 aromatic carbocycles. The molecule has 1 fully saturated rings.